The number of amides is 2. The number of hydrogen-bond acceptors (Lipinski definition) is 9. The number of aryl methyl sites for hydroxylation is 1. The lowest BCUT2D eigenvalue weighted by Gasteiger charge is -2.39. The normalized spacial score (nSPS) is 18.2. The third-order valence-corrected chi connectivity index (χ3v) is 11.9. The number of aliphatic carboxylic acids is 1. The van der Waals surface area contributed by atoms with Crippen LogP contribution in [0, 0.1) is 30.6 Å². The number of aromatic nitrogens is 1. The summed E-state index contributed by atoms with van der Waals surface area (Å²) in [6, 6.07) is 6.96. The molecule has 0 aliphatic carbocycles. The molecule has 2 aromatic rings. The average molecular weight is 769 g/mol. The predicted octanol–water partition coefficient (Wildman–Crippen LogP) is 7.27. The van der Waals surface area contributed by atoms with Gasteiger partial charge in [0.2, 0.25) is 5.91 Å². The van der Waals surface area contributed by atoms with E-state index in [-0.39, 0.29) is 60.6 Å². The van der Waals surface area contributed by atoms with Crippen LogP contribution < -0.4 is 5.32 Å². The first-order valence-electron chi connectivity index (χ1n) is 19.8. The maximum Gasteiger partial charge on any atom is 0.306 e. The van der Waals surface area contributed by atoms with Gasteiger partial charge in [0.1, 0.15) is 10.7 Å². The molecule has 0 saturated carbocycles. The average Bonchev–Trinajstić information content (AvgIpc) is 3.62. The molecule has 1 aliphatic heterocycles. The lowest BCUT2D eigenvalue weighted by molar-refractivity contribution is -0.150. The van der Waals surface area contributed by atoms with Crippen LogP contribution in [0.15, 0.2) is 29.6 Å². The van der Waals surface area contributed by atoms with Crippen molar-refractivity contribution in [2.24, 2.45) is 23.7 Å². The van der Waals surface area contributed by atoms with Crippen molar-refractivity contribution in [1.82, 2.24) is 20.1 Å². The number of benzene rings is 1. The van der Waals surface area contributed by atoms with Gasteiger partial charge in [0.05, 0.1) is 12.0 Å². The number of esters is 1. The van der Waals surface area contributed by atoms with Gasteiger partial charge in [-0.15, -0.1) is 11.3 Å². The lowest BCUT2D eigenvalue weighted by Crippen LogP contribution is -2.50. The van der Waals surface area contributed by atoms with E-state index in [2.05, 4.69) is 22.1 Å². The Hall–Kier alpha value is -3.64. The van der Waals surface area contributed by atoms with E-state index in [0.717, 1.165) is 43.4 Å². The van der Waals surface area contributed by atoms with Gasteiger partial charge in [-0.25, -0.2) is 4.98 Å². The largest absolute Gasteiger partial charge is 0.481 e. The van der Waals surface area contributed by atoms with Gasteiger partial charge in [0.25, 0.3) is 5.91 Å². The van der Waals surface area contributed by atoms with Crippen LogP contribution in [0.3, 0.4) is 0 Å². The fraction of sp³-hybridized carbons (Fsp3) is 0.667. The van der Waals surface area contributed by atoms with E-state index < -0.39 is 41.8 Å². The van der Waals surface area contributed by atoms with E-state index >= 15 is 0 Å². The van der Waals surface area contributed by atoms with Crippen molar-refractivity contribution in [3.8, 4) is 0 Å². The number of thiazole rings is 1. The first-order valence-corrected chi connectivity index (χ1v) is 20.7. The summed E-state index contributed by atoms with van der Waals surface area (Å²) in [7, 11) is 1.99. The van der Waals surface area contributed by atoms with Gasteiger partial charge in [0.15, 0.2) is 11.9 Å². The number of likely N-dealkylation sites (tertiary alicyclic amines) is 1. The zero-order chi connectivity index (χ0) is 40.1. The maximum atomic E-state index is 14.6. The Bertz CT molecular complexity index is 1540. The van der Waals surface area contributed by atoms with Crippen LogP contribution in [0.25, 0.3) is 0 Å². The number of carboxylic acids is 1. The molecule has 1 fully saturated rings. The number of likely N-dealkylation sites (N-methyl/N-ethyl adjacent to an activating group) is 1. The minimum absolute atomic E-state index is 0.000124. The summed E-state index contributed by atoms with van der Waals surface area (Å²) in [6.45, 7) is 16.5. The summed E-state index contributed by atoms with van der Waals surface area (Å²) in [5, 5.41) is 14.7. The molecular weight excluding hydrogens is 705 g/mol. The maximum absolute atomic E-state index is 14.6. The highest BCUT2D eigenvalue weighted by Crippen LogP contribution is 2.33. The molecule has 2 N–H and O–H groups in total. The van der Waals surface area contributed by atoms with Crippen molar-refractivity contribution >= 4 is 40.9 Å². The van der Waals surface area contributed by atoms with E-state index in [1.54, 1.807) is 12.3 Å². The summed E-state index contributed by atoms with van der Waals surface area (Å²) in [6.07, 6.45) is 4.72. The van der Waals surface area contributed by atoms with Gasteiger partial charge in [-0.2, -0.15) is 0 Å². The molecule has 2 amide bonds. The van der Waals surface area contributed by atoms with E-state index in [4.69, 9.17) is 4.74 Å². The summed E-state index contributed by atoms with van der Waals surface area (Å²) in [5.74, 6) is -2.96. The van der Waals surface area contributed by atoms with Gasteiger partial charge in [-0.3, -0.25) is 28.9 Å². The van der Waals surface area contributed by atoms with Crippen molar-refractivity contribution in [2.45, 2.75) is 137 Å². The highest BCUT2D eigenvalue weighted by Gasteiger charge is 2.39. The van der Waals surface area contributed by atoms with Crippen LogP contribution in [-0.4, -0.2) is 87.7 Å². The molecule has 7 atom stereocenters. The Morgan fingerprint density at radius 1 is 1.06 bits per heavy atom. The predicted molar refractivity (Wildman–Crippen MR) is 212 cm³/mol. The summed E-state index contributed by atoms with van der Waals surface area (Å²) in [5.41, 5.74) is 2.23. The summed E-state index contributed by atoms with van der Waals surface area (Å²) < 4.78 is 5.87. The zero-order valence-electron chi connectivity index (χ0n) is 33.9. The number of carboxylic acid groups (broad SMARTS) is 1. The molecule has 1 aromatic heterocycles. The minimum Gasteiger partial charge on any atom is -0.481 e. The Kier molecular flexibility index (Phi) is 17.8. The van der Waals surface area contributed by atoms with Crippen LogP contribution >= 0.6 is 11.3 Å². The van der Waals surface area contributed by atoms with Crippen LogP contribution in [0.5, 0.6) is 0 Å². The van der Waals surface area contributed by atoms with Gasteiger partial charge < -0.3 is 20.1 Å². The first kappa shape index (κ1) is 44.8. The molecule has 300 valence electrons. The Morgan fingerprint density at radius 3 is 2.31 bits per heavy atom. The second-order valence-electron chi connectivity index (χ2n) is 15.7. The highest BCUT2D eigenvalue weighted by molar-refractivity contribution is 7.09. The van der Waals surface area contributed by atoms with Crippen molar-refractivity contribution in [3.05, 3.63) is 51.5 Å². The smallest absolute Gasteiger partial charge is 0.306 e. The topological polar surface area (TPSA) is 146 Å². The molecule has 1 saturated heterocycles. The molecule has 1 aromatic carbocycles. The van der Waals surface area contributed by atoms with Crippen molar-refractivity contribution in [2.75, 3.05) is 20.1 Å². The highest BCUT2D eigenvalue weighted by atomic mass is 32.1. The van der Waals surface area contributed by atoms with Gasteiger partial charge in [-0.05, 0) is 70.0 Å². The van der Waals surface area contributed by atoms with Crippen LogP contribution in [-0.2, 0) is 30.3 Å². The molecular formula is C42H64N4O7S. The number of carbonyl (C=O) groups excluding carboxylic acids is 4. The second-order valence-corrected chi connectivity index (χ2v) is 16.6. The zero-order valence-corrected chi connectivity index (χ0v) is 34.7. The van der Waals surface area contributed by atoms with E-state index in [1.165, 1.54) is 18.3 Å². The van der Waals surface area contributed by atoms with Gasteiger partial charge in [-0.1, -0.05) is 84.2 Å². The number of ketones is 1. The number of nitrogens with one attached hydrogen (secondary N) is 1. The molecule has 2 heterocycles. The SMILES string of the molecule is CCCN(C(=O)[C@@H](CC(=O)[C@H]1CCCCN1C)[C@@H](C)CC)[C@H](C[C@@H](OC(C)=O)c1nc(C(=O)N[C@@H](Cc2ccc(C)cc2)C[C@H](C)C(=O)O)cs1)C(C)C. The number of carbonyl (C=O) groups is 5. The quantitative estimate of drug-likeness (QED) is 0.125. The Labute approximate surface area is 326 Å². The first-order chi connectivity index (χ1) is 25.6. The Morgan fingerprint density at radius 2 is 1.74 bits per heavy atom. The molecule has 0 radical (unpaired) electrons. The molecule has 54 heavy (non-hydrogen) atoms. The number of nitrogens with zero attached hydrogens (tertiary/aromatic N) is 3. The van der Waals surface area contributed by atoms with Crippen LogP contribution in [0.4, 0.5) is 0 Å². The molecule has 1 aliphatic rings. The molecule has 12 heteroatoms. The number of rotatable bonds is 21. The summed E-state index contributed by atoms with van der Waals surface area (Å²) in [4.78, 5) is 74.8. The lowest BCUT2D eigenvalue weighted by atomic mass is 9.82. The molecule has 11 nitrogen and oxygen atoms in total. The molecule has 3 rings (SSSR count). The molecule has 0 spiro atoms. The van der Waals surface area contributed by atoms with Gasteiger partial charge in [0, 0.05) is 49.7 Å². The monoisotopic (exact) mass is 768 g/mol. The van der Waals surface area contributed by atoms with E-state index in [9.17, 15) is 29.1 Å². The van der Waals surface area contributed by atoms with E-state index in [0.29, 0.717) is 24.4 Å². The fourth-order valence-corrected chi connectivity index (χ4v) is 8.29. The number of piperidine rings is 1. The number of Topliss-reactive ketones (excluding diaryl/α,β-unsaturated/α-hetero) is 1. The number of ether oxygens (including phenoxy) is 1. The third kappa shape index (κ3) is 13.0. The fourth-order valence-electron chi connectivity index (χ4n) is 7.45. The standard InChI is InChI=1S/C42H64N4O7S/c1-10-19-46(41(50)33(28(6)11-2)23-37(48)35-14-12-13-20-45(35)9)36(26(3)4)24-38(53-30(8)47)40-44-34(25-54-40)39(49)43-32(21-29(7)42(51)52)22-31-17-15-27(5)16-18-31/h15-18,25-26,28-29,32-33,35-36,38H,10-14,19-24H2,1-9H3,(H,43,49)(H,51,52)/t28-,29-,32+,33-,35+,36+,38+/m0/s1. The van der Waals surface area contributed by atoms with Crippen molar-refractivity contribution < 1.29 is 33.8 Å². The summed E-state index contributed by atoms with van der Waals surface area (Å²) >= 11 is 1.21. The number of hydrogen-bond donors (Lipinski definition) is 2. The van der Waals surface area contributed by atoms with E-state index in [1.807, 2.05) is 70.8 Å². The molecule has 0 bridgehead atoms. The third-order valence-electron chi connectivity index (χ3n) is 10.9. The van der Waals surface area contributed by atoms with Crippen molar-refractivity contribution in [1.29, 1.82) is 0 Å². The minimum atomic E-state index is -0.937. The van der Waals surface area contributed by atoms with Crippen molar-refractivity contribution in [3.63, 3.8) is 0 Å². The molecule has 0 unspecified atom stereocenters. The van der Waals surface area contributed by atoms with Crippen LogP contribution in [0.1, 0.15) is 133 Å². The second kappa shape index (κ2) is 21.5. The van der Waals surface area contributed by atoms with Gasteiger partial charge >= 0.3 is 11.9 Å². The van der Waals surface area contributed by atoms with Crippen LogP contribution in [0.2, 0.25) is 0 Å². The Balaban J connectivity index is 1.88.